The maximum Gasteiger partial charge on any atom is 0.240 e. The molecule has 21 heavy (non-hydrogen) atoms. The molecule has 0 spiro atoms. The molecule has 118 valence electrons. The minimum Gasteiger partial charge on any atom is -0.326 e. The first-order chi connectivity index (χ1) is 9.94. The SMILES string of the molecule is Cc1c(F)cc(CN)cc1S(=O)(=O)NCCN1CCCC1. The van der Waals surface area contributed by atoms with Crippen LogP contribution in [0.4, 0.5) is 4.39 Å². The summed E-state index contributed by atoms with van der Waals surface area (Å²) in [4.78, 5) is 2.19. The average molecular weight is 315 g/mol. The van der Waals surface area contributed by atoms with Crippen molar-refractivity contribution >= 4 is 10.0 Å². The molecular weight excluding hydrogens is 293 g/mol. The van der Waals surface area contributed by atoms with E-state index < -0.39 is 15.8 Å². The first kappa shape index (κ1) is 16.4. The first-order valence-electron chi connectivity index (χ1n) is 7.15. The van der Waals surface area contributed by atoms with E-state index >= 15 is 0 Å². The summed E-state index contributed by atoms with van der Waals surface area (Å²) in [7, 11) is -3.71. The molecule has 7 heteroatoms. The van der Waals surface area contributed by atoms with Crippen molar-refractivity contribution < 1.29 is 12.8 Å². The minimum atomic E-state index is -3.71. The molecule has 1 aromatic rings. The van der Waals surface area contributed by atoms with Crippen molar-refractivity contribution in [3.8, 4) is 0 Å². The van der Waals surface area contributed by atoms with Gasteiger partial charge in [-0.25, -0.2) is 17.5 Å². The fraction of sp³-hybridized carbons (Fsp3) is 0.571. The predicted molar refractivity (Wildman–Crippen MR) is 79.9 cm³/mol. The van der Waals surface area contributed by atoms with Crippen LogP contribution in [-0.2, 0) is 16.6 Å². The molecule has 0 amide bonds. The van der Waals surface area contributed by atoms with Gasteiger partial charge < -0.3 is 10.6 Å². The van der Waals surface area contributed by atoms with Gasteiger partial charge in [0.2, 0.25) is 10.0 Å². The van der Waals surface area contributed by atoms with Gasteiger partial charge in [-0.15, -0.1) is 0 Å². The molecule has 0 unspecified atom stereocenters. The Hall–Kier alpha value is -1.02. The van der Waals surface area contributed by atoms with Crippen LogP contribution in [0.25, 0.3) is 0 Å². The van der Waals surface area contributed by atoms with Gasteiger partial charge in [-0.3, -0.25) is 0 Å². The fourth-order valence-electron chi connectivity index (χ4n) is 2.53. The van der Waals surface area contributed by atoms with E-state index in [2.05, 4.69) is 9.62 Å². The summed E-state index contributed by atoms with van der Waals surface area (Å²) in [6, 6.07) is 2.72. The second-order valence-corrected chi connectivity index (χ2v) is 7.09. The van der Waals surface area contributed by atoms with Crippen LogP contribution in [0.5, 0.6) is 0 Å². The topological polar surface area (TPSA) is 75.4 Å². The van der Waals surface area contributed by atoms with Gasteiger partial charge >= 0.3 is 0 Å². The smallest absolute Gasteiger partial charge is 0.240 e. The zero-order chi connectivity index (χ0) is 15.5. The highest BCUT2D eigenvalue weighted by Gasteiger charge is 2.20. The highest BCUT2D eigenvalue weighted by atomic mass is 32.2. The molecule has 1 aromatic carbocycles. The first-order valence-corrected chi connectivity index (χ1v) is 8.63. The van der Waals surface area contributed by atoms with Gasteiger partial charge in [0.15, 0.2) is 0 Å². The van der Waals surface area contributed by atoms with Crippen LogP contribution < -0.4 is 10.5 Å². The molecule has 2 rings (SSSR count). The maximum absolute atomic E-state index is 13.8. The van der Waals surface area contributed by atoms with E-state index in [1.807, 2.05) is 0 Å². The zero-order valence-electron chi connectivity index (χ0n) is 12.2. The molecule has 0 atom stereocenters. The number of halogens is 1. The molecule has 1 heterocycles. The van der Waals surface area contributed by atoms with Gasteiger partial charge in [0, 0.05) is 25.2 Å². The lowest BCUT2D eigenvalue weighted by atomic mass is 10.1. The Bertz CT molecular complexity index is 598. The Kier molecular flexibility index (Phi) is 5.32. The van der Waals surface area contributed by atoms with E-state index in [1.165, 1.54) is 19.1 Å². The summed E-state index contributed by atoms with van der Waals surface area (Å²) < 4.78 is 40.9. The van der Waals surface area contributed by atoms with Crippen molar-refractivity contribution in [3.63, 3.8) is 0 Å². The van der Waals surface area contributed by atoms with Crippen LogP contribution in [0.15, 0.2) is 17.0 Å². The summed E-state index contributed by atoms with van der Waals surface area (Å²) in [6.07, 6.45) is 2.32. The quantitative estimate of drug-likeness (QED) is 0.820. The number of benzene rings is 1. The number of hydrogen-bond donors (Lipinski definition) is 2. The average Bonchev–Trinajstić information content (AvgIpc) is 2.94. The molecular formula is C14H22FN3O2S. The Morgan fingerprint density at radius 3 is 2.62 bits per heavy atom. The highest BCUT2D eigenvalue weighted by molar-refractivity contribution is 7.89. The number of nitrogens with one attached hydrogen (secondary N) is 1. The standard InChI is InChI=1S/C14H22FN3O2S/c1-11-13(15)8-12(10-16)9-14(11)21(19,20)17-4-7-18-5-2-3-6-18/h8-9,17H,2-7,10,16H2,1H3. The Labute approximate surface area is 125 Å². The Morgan fingerprint density at radius 1 is 1.33 bits per heavy atom. The highest BCUT2D eigenvalue weighted by Crippen LogP contribution is 2.20. The van der Waals surface area contributed by atoms with E-state index in [4.69, 9.17) is 5.73 Å². The molecule has 1 aliphatic rings. The van der Waals surface area contributed by atoms with Crippen LogP contribution >= 0.6 is 0 Å². The van der Waals surface area contributed by atoms with Crippen LogP contribution in [0.1, 0.15) is 24.0 Å². The van der Waals surface area contributed by atoms with Gasteiger partial charge in [-0.05, 0) is 50.6 Å². The monoisotopic (exact) mass is 315 g/mol. The molecule has 0 bridgehead atoms. The summed E-state index contributed by atoms with van der Waals surface area (Å²) >= 11 is 0. The zero-order valence-corrected chi connectivity index (χ0v) is 13.0. The molecule has 1 saturated heterocycles. The van der Waals surface area contributed by atoms with Crippen molar-refractivity contribution in [2.45, 2.75) is 31.2 Å². The Morgan fingerprint density at radius 2 is 2.00 bits per heavy atom. The molecule has 1 aliphatic heterocycles. The number of nitrogens with zero attached hydrogens (tertiary/aromatic N) is 1. The van der Waals surface area contributed by atoms with Crippen LogP contribution in [0, 0.1) is 12.7 Å². The molecule has 1 fully saturated rings. The number of nitrogens with two attached hydrogens (primary N) is 1. The van der Waals surface area contributed by atoms with E-state index in [0.717, 1.165) is 25.9 Å². The van der Waals surface area contributed by atoms with Gasteiger partial charge in [-0.1, -0.05) is 0 Å². The van der Waals surface area contributed by atoms with Crippen LogP contribution in [0.3, 0.4) is 0 Å². The molecule has 3 N–H and O–H groups in total. The van der Waals surface area contributed by atoms with Gasteiger partial charge in [-0.2, -0.15) is 0 Å². The van der Waals surface area contributed by atoms with Crippen molar-refractivity contribution in [1.29, 1.82) is 0 Å². The van der Waals surface area contributed by atoms with Crippen molar-refractivity contribution in [2.75, 3.05) is 26.2 Å². The molecule has 0 radical (unpaired) electrons. The lowest BCUT2D eigenvalue weighted by molar-refractivity contribution is 0.344. The maximum atomic E-state index is 13.8. The number of hydrogen-bond acceptors (Lipinski definition) is 4. The largest absolute Gasteiger partial charge is 0.326 e. The fourth-order valence-corrected chi connectivity index (χ4v) is 3.85. The van der Waals surface area contributed by atoms with Crippen molar-refractivity contribution in [2.24, 2.45) is 5.73 Å². The van der Waals surface area contributed by atoms with E-state index in [0.29, 0.717) is 18.7 Å². The van der Waals surface area contributed by atoms with Crippen molar-refractivity contribution in [1.82, 2.24) is 9.62 Å². The third-order valence-corrected chi connectivity index (χ3v) is 5.39. The number of rotatable bonds is 6. The summed E-state index contributed by atoms with van der Waals surface area (Å²) in [5.74, 6) is -0.544. The van der Waals surface area contributed by atoms with Gasteiger partial charge in [0.25, 0.3) is 0 Å². The molecule has 0 aromatic heterocycles. The lowest BCUT2D eigenvalue weighted by Gasteiger charge is -2.16. The van der Waals surface area contributed by atoms with Crippen LogP contribution in [-0.4, -0.2) is 39.5 Å². The van der Waals surface area contributed by atoms with E-state index in [9.17, 15) is 12.8 Å². The molecule has 5 nitrogen and oxygen atoms in total. The van der Waals surface area contributed by atoms with E-state index in [-0.39, 0.29) is 17.0 Å². The van der Waals surface area contributed by atoms with E-state index in [1.54, 1.807) is 0 Å². The van der Waals surface area contributed by atoms with Crippen LogP contribution in [0.2, 0.25) is 0 Å². The third-order valence-electron chi connectivity index (χ3n) is 3.80. The lowest BCUT2D eigenvalue weighted by Crippen LogP contribution is -2.34. The molecule has 0 saturated carbocycles. The second kappa shape index (κ2) is 6.83. The summed E-state index contributed by atoms with van der Waals surface area (Å²) in [5, 5.41) is 0. The summed E-state index contributed by atoms with van der Waals surface area (Å²) in [5.41, 5.74) is 6.07. The third kappa shape index (κ3) is 4.00. The number of sulfonamides is 1. The minimum absolute atomic E-state index is 0.0237. The predicted octanol–water partition coefficient (Wildman–Crippen LogP) is 0.967. The number of likely N-dealkylation sites (tertiary alicyclic amines) is 1. The molecule has 0 aliphatic carbocycles. The van der Waals surface area contributed by atoms with Gasteiger partial charge in [0.1, 0.15) is 5.82 Å². The second-order valence-electron chi connectivity index (χ2n) is 5.35. The van der Waals surface area contributed by atoms with Gasteiger partial charge in [0.05, 0.1) is 4.90 Å². The summed E-state index contributed by atoms with van der Waals surface area (Å²) in [6.45, 7) is 4.60. The normalized spacial score (nSPS) is 16.5. The van der Waals surface area contributed by atoms with Crippen molar-refractivity contribution in [3.05, 3.63) is 29.1 Å². The Balaban J connectivity index is 2.09.